The molecule has 12 fully saturated rings. The molecule has 0 saturated heterocycles. The monoisotopic (exact) mass is 867 g/mol. The highest BCUT2D eigenvalue weighted by Crippen LogP contribution is 2.74. The lowest BCUT2D eigenvalue weighted by atomic mass is 9.39. The van der Waals surface area contributed by atoms with Gasteiger partial charge in [0.15, 0.2) is 0 Å². The van der Waals surface area contributed by atoms with Crippen LogP contribution in [0.3, 0.4) is 0 Å². The quantitative estimate of drug-likeness (QED) is 0.105. The molecule has 12 saturated carbocycles. The van der Waals surface area contributed by atoms with E-state index in [1.807, 2.05) is 0 Å². The maximum atomic E-state index is 12.5. The Labute approximate surface area is 388 Å². The standard InChI is InChI=1S/C61H74N2O2/c1-52-18-36-19-53(2,27-52)31-58(24-36,30-52)39-11-12-43-42-9-7-8-10-44(42)61(45(43)13-39,40-14-46(50(64)48(62)16-40)59-25-37-20-54(3,32-59)28-55(4,21-37)33-59)41-15-47(51(65)49(63)17-41)60-26-38-22-56(5,34-60)29-57(6,23-38)35-60/h7-17,36-38,64-65H,18-35,62-63H2,1-6H3. The summed E-state index contributed by atoms with van der Waals surface area (Å²) in [6.07, 6.45) is 22.3. The average Bonchev–Trinajstić information content (AvgIpc) is 3.46. The van der Waals surface area contributed by atoms with Crippen molar-refractivity contribution in [2.45, 2.75) is 179 Å². The Morgan fingerprint density at radius 2 is 0.754 bits per heavy atom. The first kappa shape index (κ1) is 40.2. The van der Waals surface area contributed by atoms with Crippen molar-refractivity contribution in [2.75, 3.05) is 11.5 Å². The second kappa shape index (κ2) is 11.8. The molecule has 4 nitrogen and oxygen atoms in total. The molecule has 6 N–H and O–H groups in total. The van der Waals surface area contributed by atoms with E-state index in [-0.39, 0.29) is 37.9 Å². The molecule has 4 heteroatoms. The number of hydrogen-bond acceptors (Lipinski definition) is 4. The van der Waals surface area contributed by atoms with Crippen molar-refractivity contribution < 1.29 is 10.2 Å². The number of phenolic OH excluding ortho intramolecular Hbond substituents is 2. The van der Waals surface area contributed by atoms with E-state index in [1.165, 1.54) is 105 Å². The summed E-state index contributed by atoms with van der Waals surface area (Å²) in [6.45, 7) is 15.4. The summed E-state index contributed by atoms with van der Waals surface area (Å²) >= 11 is 0. The second-order valence-electron chi connectivity index (χ2n) is 28.7. The van der Waals surface area contributed by atoms with E-state index in [4.69, 9.17) is 11.5 Å². The Balaban J connectivity index is 1.05. The summed E-state index contributed by atoms with van der Waals surface area (Å²) in [5.74, 6) is 2.72. The molecule has 0 aliphatic heterocycles. The summed E-state index contributed by atoms with van der Waals surface area (Å²) in [7, 11) is 0. The van der Waals surface area contributed by atoms with Crippen molar-refractivity contribution in [1.29, 1.82) is 0 Å². The zero-order valence-electron chi connectivity index (χ0n) is 40.4. The minimum atomic E-state index is -0.780. The first-order chi connectivity index (χ1) is 30.6. The maximum Gasteiger partial charge on any atom is 0.142 e. The molecule has 4 aromatic carbocycles. The molecule has 65 heavy (non-hydrogen) atoms. The van der Waals surface area contributed by atoms with Gasteiger partial charge in [0.05, 0.1) is 16.8 Å². The number of anilines is 2. The summed E-state index contributed by atoms with van der Waals surface area (Å²) in [5, 5.41) is 25.0. The van der Waals surface area contributed by atoms with Gasteiger partial charge in [-0.15, -0.1) is 0 Å². The van der Waals surface area contributed by atoms with Gasteiger partial charge in [-0.05, 0) is 234 Å². The predicted octanol–water partition coefficient (Wildman–Crippen LogP) is 14.4. The van der Waals surface area contributed by atoms with Crippen LogP contribution >= 0.6 is 0 Å². The number of hydrogen-bond donors (Lipinski definition) is 4. The van der Waals surface area contributed by atoms with Crippen LogP contribution in [0.4, 0.5) is 11.4 Å². The van der Waals surface area contributed by atoms with Crippen LogP contribution in [0, 0.1) is 50.2 Å². The number of aromatic hydroxyl groups is 2. The lowest BCUT2D eigenvalue weighted by molar-refractivity contribution is -0.110. The number of nitrogen functional groups attached to an aromatic ring is 2. The van der Waals surface area contributed by atoms with Crippen LogP contribution in [0.1, 0.15) is 196 Å². The normalized spacial score (nSPS) is 46.5. The number of rotatable bonds is 5. The van der Waals surface area contributed by atoms with Crippen molar-refractivity contribution in [3.8, 4) is 22.6 Å². The molecule has 6 atom stereocenters. The molecular weight excluding hydrogens is 793 g/mol. The summed E-state index contributed by atoms with van der Waals surface area (Å²) in [4.78, 5) is 0. The number of fused-ring (bicyclic) bond motifs is 3. The van der Waals surface area contributed by atoms with Crippen LogP contribution in [0.2, 0.25) is 0 Å². The lowest BCUT2D eigenvalue weighted by Gasteiger charge is -2.65. The Morgan fingerprint density at radius 1 is 0.385 bits per heavy atom. The van der Waals surface area contributed by atoms with E-state index in [2.05, 4.69) is 108 Å². The fourth-order valence-electron chi connectivity index (χ4n) is 23.2. The SMILES string of the molecule is CC12CC3CC(C)(C1)CC(c1ccc4c(c1)C(c1cc(N)c(O)c(C56CC7CC(C)(CC(C)(C7)C5)C6)c1)(c1cc(N)c(O)c(C56CC7CC(C)(CC(C)(C7)C5)C6)c1)c1ccccc1-4)(C3)C2. The van der Waals surface area contributed by atoms with Gasteiger partial charge < -0.3 is 21.7 Å². The molecule has 0 spiro atoms. The zero-order chi connectivity index (χ0) is 44.7. The molecule has 12 bridgehead atoms. The molecule has 6 unspecified atom stereocenters. The molecule has 0 amide bonds. The molecule has 4 aromatic rings. The van der Waals surface area contributed by atoms with Crippen molar-refractivity contribution in [1.82, 2.24) is 0 Å². The second-order valence-corrected chi connectivity index (χ2v) is 28.7. The summed E-state index contributed by atoms with van der Waals surface area (Å²) in [5.41, 5.74) is 27.6. The van der Waals surface area contributed by atoms with E-state index in [0.717, 1.165) is 66.7 Å². The molecule has 13 aliphatic carbocycles. The van der Waals surface area contributed by atoms with Crippen LogP contribution in [0.15, 0.2) is 66.7 Å². The molecular formula is C61H74N2O2. The van der Waals surface area contributed by atoms with E-state index >= 15 is 0 Å². The Hall–Kier alpha value is -3.92. The molecule has 0 aromatic heterocycles. The van der Waals surface area contributed by atoms with Gasteiger partial charge in [-0.2, -0.15) is 0 Å². The molecule has 0 radical (unpaired) electrons. The Bertz CT molecular complexity index is 2630. The van der Waals surface area contributed by atoms with Crippen LogP contribution in [-0.2, 0) is 21.7 Å². The van der Waals surface area contributed by atoms with Crippen molar-refractivity contribution in [3.63, 3.8) is 0 Å². The minimum absolute atomic E-state index is 0.131. The number of nitrogens with two attached hydrogens (primary N) is 2. The Morgan fingerprint density at radius 3 is 1.18 bits per heavy atom. The topological polar surface area (TPSA) is 92.5 Å². The van der Waals surface area contributed by atoms with Gasteiger partial charge >= 0.3 is 0 Å². The van der Waals surface area contributed by atoms with Gasteiger partial charge in [0.1, 0.15) is 11.5 Å². The third-order valence-electron chi connectivity index (χ3n) is 21.8. The van der Waals surface area contributed by atoms with Crippen molar-refractivity contribution >= 4 is 11.4 Å². The first-order valence-corrected chi connectivity index (χ1v) is 26.1. The first-order valence-electron chi connectivity index (χ1n) is 26.1. The number of benzene rings is 4. The van der Waals surface area contributed by atoms with Crippen molar-refractivity contribution in [3.05, 3.63) is 106 Å². The van der Waals surface area contributed by atoms with Gasteiger partial charge in [0, 0.05) is 22.0 Å². The lowest BCUT2D eigenvalue weighted by Crippen LogP contribution is -2.57. The molecule has 0 heterocycles. The van der Waals surface area contributed by atoms with E-state index in [9.17, 15) is 10.2 Å². The highest BCUT2D eigenvalue weighted by atomic mass is 16.3. The van der Waals surface area contributed by atoms with Crippen LogP contribution < -0.4 is 11.5 Å². The smallest absolute Gasteiger partial charge is 0.142 e. The van der Waals surface area contributed by atoms with E-state index in [0.29, 0.717) is 45.5 Å². The van der Waals surface area contributed by atoms with E-state index in [1.54, 1.807) is 0 Å². The fraction of sp³-hybridized carbons (Fsp3) is 0.607. The van der Waals surface area contributed by atoms with Gasteiger partial charge in [0.2, 0.25) is 0 Å². The van der Waals surface area contributed by atoms with Gasteiger partial charge in [-0.1, -0.05) is 84.0 Å². The molecule has 17 rings (SSSR count). The van der Waals surface area contributed by atoms with Gasteiger partial charge in [0.25, 0.3) is 0 Å². The van der Waals surface area contributed by atoms with Gasteiger partial charge in [-0.25, -0.2) is 0 Å². The molecule has 13 aliphatic rings. The zero-order valence-corrected chi connectivity index (χ0v) is 40.4. The highest BCUT2D eigenvalue weighted by Gasteiger charge is 2.65. The summed E-state index contributed by atoms with van der Waals surface area (Å²) < 4.78 is 0. The third-order valence-corrected chi connectivity index (χ3v) is 21.8. The maximum absolute atomic E-state index is 12.5. The van der Waals surface area contributed by atoms with Gasteiger partial charge in [-0.3, -0.25) is 0 Å². The van der Waals surface area contributed by atoms with Crippen LogP contribution in [0.25, 0.3) is 11.1 Å². The average molecular weight is 867 g/mol. The predicted molar refractivity (Wildman–Crippen MR) is 263 cm³/mol. The van der Waals surface area contributed by atoms with Crippen LogP contribution in [-0.4, -0.2) is 10.2 Å². The number of phenols is 2. The largest absolute Gasteiger partial charge is 0.505 e. The van der Waals surface area contributed by atoms with Crippen molar-refractivity contribution in [2.24, 2.45) is 50.2 Å². The van der Waals surface area contributed by atoms with E-state index < -0.39 is 5.41 Å². The Kier molecular flexibility index (Phi) is 7.32. The fourth-order valence-corrected chi connectivity index (χ4v) is 23.2. The summed E-state index contributed by atoms with van der Waals surface area (Å²) in [6, 6.07) is 26.1. The molecule has 340 valence electrons. The van der Waals surface area contributed by atoms with Crippen LogP contribution in [0.5, 0.6) is 11.5 Å². The minimum Gasteiger partial charge on any atom is -0.505 e. The third kappa shape index (κ3) is 5.22. The highest BCUT2D eigenvalue weighted by molar-refractivity contribution is 5.88.